The van der Waals surface area contributed by atoms with Crippen LogP contribution in [0.1, 0.15) is 49.8 Å². The average Bonchev–Trinajstić information content (AvgIpc) is 3.54. The lowest BCUT2D eigenvalue weighted by molar-refractivity contribution is 0.0542. The highest BCUT2D eigenvalue weighted by Gasteiger charge is 2.36. The maximum atomic E-state index is 11.1. The molecule has 1 saturated heterocycles. The predicted octanol–water partition coefficient (Wildman–Crippen LogP) is 4.57. The first-order valence-corrected chi connectivity index (χ1v) is 12.7. The summed E-state index contributed by atoms with van der Waals surface area (Å²) < 4.78 is 15.5. The molecule has 0 aliphatic carbocycles. The van der Waals surface area contributed by atoms with Gasteiger partial charge in [0.05, 0.1) is 33.7 Å². The molecule has 0 amide bonds. The lowest BCUT2D eigenvalue weighted by atomic mass is 9.88. The van der Waals surface area contributed by atoms with Crippen LogP contribution in [0.2, 0.25) is 5.02 Å². The van der Waals surface area contributed by atoms with Crippen LogP contribution in [-0.2, 0) is 17.4 Å². The molecule has 6 heterocycles. The summed E-state index contributed by atoms with van der Waals surface area (Å²) in [5, 5.41) is 24.3. The molecule has 192 valence electrons. The molecular weight excluding hydrogens is 494 g/mol. The van der Waals surface area contributed by atoms with E-state index < -0.39 is 5.60 Å². The molecular formula is C26H28ClN7O3. The molecule has 1 aliphatic rings. The third kappa shape index (κ3) is 4.00. The van der Waals surface area contributed by atoms with E-state index in [1.165, 1.54) is 0 Å². The Morgan fingerprint density at radius 3 is 2.59 bits per heavy atom. The number of halogens is 1. The summed E-state index contributed by atoms with van der Waals surface area (Å²) in [5.41, 5.74) is 5.41. The molecule has 10 nitrogen and oxygen atoms in total. The zero-order valence-electron chi connectivity index (χ0n) is 21.1. The molecule has 1 atom stereocenters. The van der Waals surface area contributed by atoms with Crippen molar-refractivity contribution in [3.8, 4) is 11.3 Å². The summed E-state index contributed by atoms with van der Waals surface area (Å²) in [6, 6.07) is 5.71. The van der Waals surface area contributed by atoms with Crippen LogP contribution in [0.4, 0.5) is 0 Å². The largest absolute Gasteiger partial charge is 0.384 e. The number of nitrogens with zero attached hydrogens (tertiary/aromatic N) is 7. The second-order valence-electron chi connectivity index (χ2n) is 10.2. The molecule has 6 rings (SSSR count). The lowest BCUT2D eigenvalue weighted by Crippen LogP contribution is -2.28. The van der Waals surface area contributed by atoms with E-state index in [0.29, 0.717) is 40.5 Å². The summed E-state index contributed by atoms with van der Waals surface area (Å²) in [6.07, 6.45) is 5.19. The van der Waals surface area contributed by atoms with E-state index >= 15 is 0 Å². The minimum absolute atomic E-state index is 0.190. The molecule has 0 aromatic carbocycles. The Balaban J connectivity index is 1.70. The van der Waals surface area contributed by atoms with Gasteiger partial charge in [0.2, 0.25) is 5.58 Å². The van der Waals surface area contributed by atoms with E-state index in [1.807, 2.05) is 26.1 Å². The number of aliphatic hydroxyl groups is 1. The minimum atomic E-state index is -1.24. The van der Waals surface area contributed by atoms with Crippen molar-refractivity contribution < 1.29 is 14.4 Å². The average molecular weight is 522 g/mol. The van der Waals surface area contributed by atoms with E-state index in [2.05, 4.69) is 26.1 Å². The zero-order chi connectivity index (χ0) is 25.9. The van der Waals surface area contributed by atoms with Crippen LogP contribution in [0.3, 0.4) is 0 Å². The number of aryl methyl sites for hydroxylation is 2. The summed E-state index contributed by atoms with van der Waals surface area (Å²) >= 11 is 6.22. The molecule has 37 heavy (non-hydrogen) atoms. The van der Waals surface area contributed by atoms with E-state index in [4.69, 9.17) is 30.8 Å². The Bertz CT molecular complexity index is 1570. The van der Waals surface area contributed by atoms with E-state index in [0.717, 1.165) is 41.0 Å². The SMILES string of the molecule is Cc1nnn(C)c1-c1cnc2c3onc(C(C)(C)O)c3n(C(c3ccc(Cl)cn3)C3CCOCC3)c2c1. The number of hydrogen-bond donors (Lipinski definition) is 1. The fraction of sp³-hybridized carbons (Fsp3) is 0.423. The molecule has 1 fully saturated rings. The van der Waals surface area contributed by atoms with Gasteiger partial charge in [-0.05, 0) is 57.7 Å². The van der Waals surface area contributed by atoms with Crippen molar-refractivity contribution in [2.45, 2.75) is 45.3 Å². The van der Waals surface area contributed by atoms with E-state index in [-0.39, 0.29) is 12.0 Å². The molecule has 1 N–H and O–H groups in total. The third-order valence-electron chi connectivity index (χ3n) is 7.14. The minimum Gasteiger partial charge on any atom is -0.384 e. The van der Waals surface area contributed by atoms with Gasteiger partial charge in [0, 0.05) is 38.2 Å². The summed E-state index contributed by atoms with van der Waals surface area (Å²) in [6.45, 7) is 6.68. The van der Waals surface area contributed by atoms with Gasteiger partial charge < -0.3 is 18.9 Å². The van der Waals surface area contributed by atoms with Gasteiger partial charge >= 0.3 is 0 Å². The highest BCUT2D eigenvalue weighted by molar-refractivity contribution is 6.30. The number of hydrogen-bond acceptors (Lipinski definition) is 8. The molecule has 0 saturated carbocycles. The van der Waals surface area contributed by atoms with Crippen molar-refractivity contribution in [2.75, 3.05) is 13.2 Å². The van der Waals surface area contributed by atoms with E-state index in [9.17, 15) is 5.11 Å². The van der Waals surface area contributed by atoms with Crippen LogP contribution in [0.15, 0.2) is 35.1 Å². The molecule has 1 aliphatic heterocycles. The van der Waals surface area contributed by atoms with Crippen molar-refractivity contribution in [1.29, 1.82) is 0 Å². The van der Waals surface area contributed by atoms with Crippen LogP contribution in [-0.4, -0.2) is 53.0 Å². The summed E-state index contributed by atoms with van der Waals surface area (Å²) in [4.78, 5) is 9.58. The molecule has 5 aromatic heterocycles. The lowest BCUT2D eigenvalue weighted by Gasteiger charge is -2.32. The molecule has 11 heteroatoms. The van der Waals surface area contributed by atoms with Crippen LogP contribution < -0.4 is 0 Å². The number of fused-ring (bicyclic) bond motifs is 3. The fourth-order valence-corrected chi connectivity index (χ4v) is 5.56. The molecule has 0 bridgehead atoms. The zero-order valence-corrected chi connectivity index (χ0v) is 21.9. The summed E-state index contributed by atoms with van der Waals surface area (Å²) in [5.74, 6) is 0.217. The standard InChI is InChI=1S/C26H28ClN7O3/c1-14-21(33(4)32-30-14)16-11-19-20(29-12-16)24-23(25(31-37-24)26(2,3)35)34(19)22(15-7-9-36-10-8-15)18-6-5-17(27)13-28-18/h5-6,11-13,15,22,35H,7-10H2,1-4H3. The van der Waals surface area contributed by atoms with Crippen molar-refractivity contribution in [2.24, 2.45) is 13.0 Å². The number of aromatic nitrogens is 7. The third-order valence-corrected chi connectivity index (χ3v) is 7.37. The second-order valence-corrected chi connectivity index (χ2v) is 10.6. The summed E-state index contributed by atoms with van der Waals surface area (Å²) in [7, 11) is 1.86. The van der Waals surface area contributed by atoms with E-state index in [1.54, 1.807) is 30.9 Å². The van der Waals surface area contributed by atoms with Crippen molar-refractivity contribution >= 4 is 33.7 Å². The van der Waals surface area contributed by atoms with Gasteiger partial charge in [0.1, 0.15) is 22.3 Å². The molecule has 5 aromatic rings. The first-order chi connectivity index (χ1) is 17.7. The monoisotopic (exact) mass is 521 g/mol. The van der Waals surface area contributed by atoms with Gasteiger partial charge in [-0.25, -0.2) is 9.67 Å². The fourth-order valence-electron chi connectivity index (χ4n) is 5.45. The highest BCUT2D eigenvalue weighted by atomic mass is 35.5. The highest BCUT2D eigenvalue weighted by Crippen LogP contribution is 2.43. The Hall–Kier alpha value is -3.34. The Morgan fingerprint density at radius 2 is 1.95 bits per heavy atom. The maximum Gasteiger partial charge on any atom is 0.211 e. The van der Waals surface area contributed by atoms with Gasteiger partial charge in [0.15, 0.2) is 0 Å². The Morgan fingerprint density at radius 1 is 1.16 bits per heavy atom. The van der Waals surface area contributed by atoms with Crippen molar-refractivity contribution in [3.63, 3.8) is 0 Å². The van der Waals surface area contributed by atoms with Gasteiger partial charge in [-0.3, -0.25) is 4.98 Å². The van der Waals surface area contributed by atoms with Crippen LogP contribution in [0, 0.1) is 12.8 Å². The smallest absolute Gasteiger partial charge is 0.211 e. The topological polar surface area (TPSA) is 117 Å². The van der Waals surface area contributed by atoms with Crippen LogP contribution in [0.25, 0.3) is 33.4 Å². The number of rotatable bonds is 5. The van der Waals surface area contributed by atoms with Gasteiger partial charge in [-0.2, -0.15) is 0 Å². The molecule has 0 radical (unpaired) electrons. The van der Waals surface area contributed by atoms with Crippen molar-refractivity contribution in [3.05, 3.63) is 52.7 Å². The Labute approximate surface area is 218 Å². The van der Waals surface area contributed by atoms with Gasteiger partial charge in [-0.15, -0.1) is 5.10 Å². The molecule has 0 spiro atoms. The van der Waals surface area contributed by atoms with Gasteiger partial charge in [0.25, 0.3) is 0 Å². The Kier molecular flexibility index (Phi) is 5.78. The first-order valence-electron chi connectivity index (χ1n) is 12.3. The normalized spacial score (nSPS) is 16.2. The second kappa shape index (κ2) is 8.90. The van der Waals surface area contributed by atoms with Gasteiger partial charge in [-0.1, -0.05) is 22.0 Å². The molecule has 1 unspecified atom stereocenters. The quantitative estimate of drug-likeness (QED) is 0.357. The number of pyridine rings is 2. The number of ether oxygens (including phenoxy) is 1. The van der Waals surface area contributed by atoms with Crippen LogP contribution in [0.5, 0.6) is 0 Å². The first kappa shape index (κ1) is 24.0. The predicted molar refractivity (Wildman–Crippen MR) is 138 cm³/mol. The van der Waals surface area contributed by atoms with Crippen molar-refractivity contribution in [1.82, 2.24) is 34.7 Å². The van der Waals surface area contributed by atoms with Crippen LogP contribution >= 0.6 is 11.6 Å². The maximum absolute atomic E-state index is 11.1.